The summed E-state index contributed by atoms with van der Waals surface area (Å²) < 4.78 is 2.35. The van der Waals surface area contributed by atoms with Crippen LogP contribution in [-0.4, -0.2) is 31.2 Å². The molecule has 2 heterocycles. The van der Waals surface area contributed by atoms with Crippen LogP contribution in [0.15, 0.2) is 63.0 Å². The van der Waals surface area contributed by atoms with Gasteiger partial charge < -0.3 is 0 Å². The molecule has 0 bridgehead atoms. The van der Waals surface area contributed by atoms with E-state index in [1.54, 1.807) is 34.9 Å². The number of fused-ring (bicyclic) bond motifs is 1. The molecule has 0 saturated heterocycles. The Balaban J connectivity index is 2.17. The molecule has 0 radical (unpaired) electrons. The molecule has 0 aliphatic carbocycles. The average molecular weight is 453 g/mol. The van der Waals surface area contributed by atoms with E-state index in [9.17, 15) is 14.4 Å². The molecular weight excluding hydrogens is 420 g/mol. The monoisotopic (exact) mass is 452 g/mol. The molecule has 1 aliphatic heterocycles. The second-order valence-electron chi connectivity index (χ2n) is 10.3. The van der Waals surface area contributed by atoms with Crippen molar-refractivity contribution in [3.8, 4) is 0 Å². The molecule has 0 amide bonds. The summed E-state index contributed by atoms with van der Waals surface area (Å²) >= 11 is 0. The van der Waals surface area contributed by atoms with Crippen LogP contribution >= 0.6 is 0 Å². The van der Waals surface area contributed by atoms with Crippen molar-refractivity contribution in [1.29, 1.82) is 0 Å². The van der Waals surface area contributed by atoms with Crippen LogP contribution in [0.3, 0.4) is 0 Å². The molecule has 7 heteroatoms. The summed E-state index contributed by atoms with van der Waals surface area (Å²) in [5.41, 5.74) is 3.33. The molecular formula is C24H32N2O3Si2. The number of carbonyl (C=O) groups excluding carboxylic acids is 1. The minimum absolute atomic E-state index is 0.327. The summed E-state index contributed by atoms with van der Waals surface area (Å²) in [6, 6.07) is 9.93. The summed E-state index contributed by atoms with van der Waals surface area (Å²) in [6.07, 6.45) is 3.85. The SMILES string of the molecule is C[Si](C)(C)/C=C(/C=C1/CCCn2c1cc(=O)n(C(=O)c1ccccc1)c2=O)[Si](C)(C)C. The number of nitrogens with zero attached hydrogens (tertiary/aromatic N) is 2. The van der Waals surface area contributed by atoms with Crippen molar-refractivity contribution in [2.24, 2.45) is 0 Å². The van der Waals surface area contributed by atoms with Crippen LogP contribution in [0, 0.1) is 0 Å². The molecule has 1 aliphatic rings. The van der Waals surface area contributed by atoms with E-state index in [1.807, 2.05) is 0 Å². The highest BCUT2D eigenvalue weighted by molar-refractivity contribution is 6.88. The molecule has 1 aromatic heterocycles. The molecule has 0 N–H and O–H groups in total. The van der Waals surface area contributed by atoms with Crippen LogP contribution in [0.5, 0.6) is 0 Å². The number of allylic oxidation sites excluding steroid dienone is 3. The maximum atomic E-state index is 13.2. The zero-order chi connectivity index (χ0) is 23.0. The third-order valence-corrected chi connectivity index (χ3v) is 8.84. The number of carbonyl (C=O) groups is 1. The van der Waals surface area contributed by atoms with Gasteiger partial charge in [0, 0.05) is 18.2 Å². The molecule has 5 nitrogen and oxygen atoms in total. The lowest BCUT2D eigenvalue weighted by Crippen LogP contribution is -2.45. The quantitative estimate of drug-likeness (QED) is 0.639. The third kappa shape index (κ3) is 5.22. The summed E-state index contributed by atoms with van der Waals surface area (Å²) in [6.45, 7) is 14.4. The Hall–Kier alpha value is -2.52. The molecule has 31 heavy (non-hydrogen) atoms. The van der Waals surface area contributed by atoms with Gasteiger partial charge in [-0.05, 0) is 30.5 Å². The Kier molecular flexibility index (Phi) is 6.39. The normalized spacial score (nSPS) is 16.3. The Morgan fingerprint density at radius 2 is 1.65 bits per heavy atom. The van der Waals surface area contributed by atoms with Crippen molar-refractivity contribution in [2.75, 3.05) is 0 Å². The third-order valence-electron chi connectivity index (χ3n) is 5.36. The molecule has 0 unspecified atom stereocenters. The first-order chi connectivity index (χ1) is 14.4. The van der Waals surface area contributed by atoms with Crippen LogP contribution < -0.4 is 11.2 Å². The van der Waals surface area contributed by atoms with Gasteiger partial charge in [-0.2, -0.15) is 4.57 Å². The number of hydrogen-bond acceptors (Lipinski definition) is 3. The van der Waals surface area contributed by atoms with Gasteiger partial charge in [-0.15, -0.1) is 0 Å². The number of rotatable bonds is 4. The van der Waals surface area contributed by atoms with Gasteiger partial charge in [0.1, 0.15) is 0 Å². The maximum absolute atomic E-state index is 13.2. The predicted octanol–water partition coefficient (Wildman–Crippen LogP) is 4.56. The fourth-order valence-electron chi connectivity index (χ4n) is 3.79. The van der Waals surface area contributed by atoms with Crippen molar-refractivity contribution < 1.29 is 4.79 Å². The Labute approximate surface area is 185 Å². The maximum Gasteiger partial charge on any atom is 0.338 e. The lowest BCUT2D eigenvalue weighted by atomic mass is 10.0. The summed E-state index contributed by atoms with van der Waals surface area (Å²) in [5, 5.41) is 1.37. The van der Waals surface area contributed by atoms with E-state index in [0.717, 1.165) is 23.0 Å². The molecule has 164 valence electrons. The first kappa shape index (κ1) is 23.2. The minimum atomic E-state index is -1.61. The van der Waals surface area contributed by atoms with E-state index in [4.69, 9.17) is 0 Å². The predicted molar refractivity (Wildman–Crippen MR) is 133 cm³/mol. The topological polar surface area (TPSA) is 61.1 Å². The van der Waals surface area contributed by atoms with Crippen molar-refractivity contribution >= 4 is 27.6 Å². The van der Waals surface area contributed by atoms with E-state index in [2.05, 4.69) is 51.1 Å². The van der Waals surface area contributed by atoms with Crippen LogP contribution in [0.2, 0.25) is 39.3 Å². The van der Waals surface area contributed by atoms with E-state index < -0.39 is 33.3 Å². The second-order valence-corrected chi connectivity index (χ2v) is 20.4. The number of hydrogen-bond donors (Lipinski definition) is 0. The van der Waals surface area contributed by atoms with Crippen LogP contribution in [-0.2, 0) is 6.54 Å². The summed E-state index contributed by atoms with van der Waals surface area (Å²) in [4.78, 5) is 38.9. The average Bonchev–Trinajstić information content (AvgIpc) is 2.67. The van der Waals surface area contributed by atoms with Crippen molar-refractivity contribution in [1.82, 2.24) is 9.13 Å². The van der Waals surface area contributed by atoms with Crippen LogP contribution in [0.1, 0.15) is 28.9 Å². The number of aromatic nitrogens is 2. The molecule has 0 atom stereocenters. The fraction of sp³-hybridized carbons (Fsp3) is 0.375. The zero-order valence-corrected chi connectivity index (χ0v) is 21.4. The van der Waals surface area contributed by atoms with Gasteiger partial charge in [0.2, 0.25) is 0 Å². The summed E-state index contributed by atoms with van der Waals surface area (Å²) in [5.74, 6) is -0.580. The van der Waals surface area contributed by atoms with Gasteiger partial charge >= 0.3 is 5.69 Å². The molecule has 0 saturated carbocycles. The molecule has 1 aromatic carbocycles. The molecule has 0 spiro atoms. The van der Waals surface area contributed by atoms with Gasteiger partial charge in [0.05, 0.1) is 21.8 Å². The minimum Gasteiger partial charge on any atom is -0.293 e. The second kappa shape index (κ2) is 8.55. The standard InChI is InChI=1S/C24H32N2O3Si2/c1-30(2,3)17-20(31(4,5)6)15-19-13-10-14-25-21(19)16-22(27)26(24(25)29)23(28)18-11-8-7-9-12-18/h7-9,11-12,15-17H,10,13-14H2,1-6H3/b19-15-,20-17-. The summed E-state index contributed by atoms with van der Waals surface area (Å²) in [7, 11) is -3.05. The molecule has 3 rings (SSSR count). The fourth-order valence-corrected chi connectivity index (χ4v) is 8.44. The van der Waals surface area contributed by atoms with Gasteiger partial charge in [0.15, 0.2) is 0 Å². The Morgan fingerprint density at radius 1 is 1.00 bits per heavy atom. The van der Waals surface area contributed by atoms with E-state index in [-0.39, 0.29) is 0 Å². The van der Waals surface area contributed by atoms with Crippen LogP contribution in [0.25, 0.3) is 5.57 Å². The lowest BCUT2D eigenvalue weighted by molar-refractivity contribution is 0.0948. The highest BCUT2D eigenvalue weighted by Gasteiger charge is 2.25. The molecule has 0 fully saturated rings. The highest BCUT2D eigenvalue weighted by atomic mass is 28.3. The first-order valence-corrected chi connectivity index (χ1v) is 17.9. The van der Waals surface area contributed by atoms with Gasteiger partial charge in [-0.3, -0.25) is 14.2 Å². The number of benzene rings is 1. The highest BCUT2D eigenvalue weighted by Crippen LogP contribution is 2.29. The van der Waals surface area contributed by atoms with E-state index >= 15 is 0 Å². The van der Waals surface area contributed by atoms with Crippen molar-refractivity contribution in [2.45, 2.75) is 58.7 Å². The van der Waals surface area contributed by atoms with Crippen molar-refractivity contribution in [3.63, 3.8) is 0 Å². The van der Waals surface area contributed by atoms with Gasteiger partial charge in [0.25, 0.3) is 11.5 Å². The van der Waals surface area contributed by atoms with Crippen molar-refractivity contribution in [3.05, 3.63) is 85.5 Å². The molecule has 2 aromatic rings. The smallest absolute Gasteiger partial charge is 0.293 e. The van der Waals surface area contributed by atoms with E-state index in [0.29, 0.717) is 17.8 Å². The van der Waals surface area contributed by atoms with Gasteiger partial charge in [-0.1, -0.05) is 74.5 Å². The van der Waals surface area contributed by atoms with Crippen LogP contribution in [0.4, 0.5) is 0 Å². The van der Waals surface area contributed by atoms with E-state index in [1.165, 1.54) is 11.3 Å². The van der Waals surface area contributed by atoms with Gasteiger partial charge in [-0.25, -0.2) is 4.79 Å². The lowest BCUT2D eigenvalue weighted by Gasteiger charge is -2.26. The zero-order valence-electron chi connectivity index (χ0n) is 19.4. The largest absolute Gasteiger partial charge is 0.338 e. The Morgan fingerprint density at radius 3 is 2.23 bits per heavy atom. The Bertz CT molecular complexity index is 1170. The first-order valence-electron chi connectivity index (χ1n) is 10.8.